The molecule has 0 radical (unpaired) electrons. The highest BCUT2D eigenvalue weighted by atomic mass is 19.4. The monoisotopic (exact) mass is 608 g/mol. The van der Waals surface area contributed by atoms with E-state index in [1.807, 2.05) is 34.6 Å². The predicted octanol–water partition coefficient (Wildman–Crippen LogP) is 5.86. The molecule has 0 unspecified atom stereocenters. The van der Waals surface area contributed by atoms with Gasteiger partial charge in [0.05, 0.1) is 41.1 Å². The summed E-state index contributed by atoms with van der Waals surface area (Å²) < 4.78 is 64.2. The molecule has 3 aromatic heterocycles. The van der Waals surface area contributed by atoms with E-state index < -0.39 is 30.8 Å². The maximum absolute atomic E-state index is 15.1. The fourth-order valence-corrected chi connectivity index (χ4v) is 5.20. The van der Waals surface area contributed by atoms with Gasteiger partial charge < -0.3 is 19.7 Å². The van der Waals surface area contributed by atoms with E-state index in [1.165, 1.54) is 6.20 Å². The van der Waals surface area contributed by atoms with Crippen LogP contribution in [0.5, 0.6) is 0 Å². The lowest BCUT2D eigenvalue weighted by Crippen LogP contribution is -2.50. The number of hydrogen-bond acceptors (Lipinski definition) is 7. The first-order chi connectivity index (χ1) is 20.2. The number of anilines is 1. The molecule has 0 bridgehead atoms. The number of hydrogen-bond donors (Lipinski definition) is 2. The molecular weight excluding hydrogens is 568 g/mol. The van der Waals surface area contributed by atoms with Crippen molar-refractivity contribution in [2.75, 3.05) is 18.4 Å². The van der Waals surface area contributed by atoms with Crippen molar-refractivity contribution in [3.63, 3.8) is 0 Å². The summed E-state index contributed by atoms with van der Waals surface area (Å²) in [6.07, 6.45) is -2.05. The Hall–Kier alpha value is -3.94. The maximum atomic E-state index is 15.1. The molecule has 4 aromatic rings. The van der Waals surface area contributed by atoms with Crippen LogP contribution in [-0.4, -0.2) is 72.8 Å². The molecule has 0 spiro atoms. The summed E-state index contributed by atoms with van der Waals surface area (Å²) in [5, 5.41) is 14.5. The van der Waals surface area contributed by atoms with Crippen LogP contribution >= 0.6 is 0 Å². The first-order valence-corrected chi connectivity index (χ1v) is 14.2. The van der Waals surface area contributed by atoms with Crippen LogP contribution in [0.2, 0.25) is 0 Å². The summed E-state index contributed by atoms with van der Waals surface area (Å²) in [4.78, 5) is 19.0. The van der Waals surface area contributed by atoms with Crippen LogP contribution in [0, 0.1) is 0 Å². The minimum atomic E-state index is -4.53. The molecule has 1 fully saturated rings. The number of carbonyl (C=O) groups is 1. The van der Waals surface area contributed by atoms with Gasteiger partial charge in [0.15, 0.2) is 0 Å². The summed E-state index contributed by atoms with van der Waals surface area (Å²) >= 11 is 0. The number of rotatable bonds is 8. The second-order valence-electron chi connectivity index (χ2n) is 12.2. The Morgan fingerprint density at radius 1 is 1.23 bits per heavy atom. The van der Waals surface area contributed by atoms with E-state index in [0.717, 1.165) is 4.57 Å². The highest BCUT2D eigenvalue weighted by Gasteiger charge is 2.33. The number of carbonyl (C=O) groups excluding carboxylic acids is 1. The molecule has 14 heteroatoms. The van der Waals surface area contributed by atoms with Crippen molar-refractivity contribution >= 4 is 22.5 Å². The van der Waals surface area contributed by atoms with E-state index in [-0.39, 0.29) is 44.9 Å². The van der Waals surface area contributed by atoms with Crippen molar-refractivity contribution in [3.05, 3.63) is 48.1 Å². The average molecular weight is 609 g/mol. The van der Waals surface area contributed by atoms with Gasteiger partial charge in [-0.3, -0.25) is 14.4 Å². The molecule has 1 aliphatic rings. The molecule has 1 aliphatic heterocycles. The van der Waals surface area contributed by atoms with Crippen molar-refractivity contribution in [2.45, 2.75) is 84.1 Å². The molecule has 2 N–H and O–H groups in total. The molecule has 0 saturated carbocycles. The lowest BCUT2D eigenvalue weighted by molar-refractivity contribution is -0.139. The number of benzene rings is 1. The first kappa shape index (κ1) is 30.5. The van der Waals surface area contributed by atoms with Crippen LogP contribution in [-0.2, 0) is 18.6 Å². The number of fused-ring (bicyclic) bond motifs is 1. The third-order valence-corrected chi connectivity index (χ3v) is 7.56. The maximum Gasteiger partial charge on any atom is 0.406 e. The van der Waals surface area contributed by atoms with E-state index in [0.29, 0.717) is 35.1 Å². The molecule has 43 heavy (non-hydrogen) atoms. The Kier molecular flexibility index (Phi) is 8.25. The zero-order chi connectivity index (χ0) is 31.1. The minimum absolute atomic E-state index is 0. The van der Waals surface area contributed by atoms with Gasteiger partial charge in [-0.25, -0.2) is 4.39 Å². The quantitative estimate of drug-likeness (QED) is 0.242. The van der Waals surface area contributed by atoms with Crippen LogP contribution in [0.3, 0.4) is 0 Å². The second kappa shape index (κ2) is 11.6. The summed E-state index contributed by atoms with van der Waals surface area (Å²) in [6, 6.07) is 6.23. The Balaban J connectivity index is 0.00000276. The molecule has 5 rings (SSSR count). The first-order valence-electron chi connectivity index (χ1n) is 14.2. The van der Waals surface area contributed by atoms with Gasteiger partial charge in [0, 0.05) is 39.3 Å². The molecule has 2 atom stereocenters. The van der Waals surface area contributed by atoms with E-state index in [1.54, 1.807) is 35.1 Å². The predicted molar refractivity (Wildman–Crippen MR) is 158 cm³/mol. The standard InChI is InChI=1S/C29H36F4N8O2.2H2/c1-17(2)39-10-9-22(20(30)15-39)36-21-7-6-8-23-19(21)11-24(40(23)16-29(31,32)33)26-37-25(43-38-26)13-34-27(42)18-12-35-41(14-18)28(3,4)5;;/h6-8,11-12,14,17,20,22,36H,9-10,13,15-16H2,1-5H3,(H,34,42);2*1H/t20-,22+;;/m0../s1. The van der Waals surface area contributed by atoms with E-state index in [2.05, 4.69) is 30.8 Å². The normalized spacial score (nSPS) is 18.5. The summed E-state index contributed by atoms with van der Waals surface area (Å²) in [6.45, 7) is 9.47. The fourth-order valence-electron chi connectivity index (χ4n) is 5.20. The number of halogens is 4. The van der Waals surface area contributed by atoms with E-state index in [9.17, 15) is 18.0 Å². The smallest absolute Gasteiger partial charge is 0.379 e. The Morgan fingerprint density at radius 2 is 2.00 bits per heavy atom. The van der Waals surface area contributed by atoms with Gasteiger partial charge in [0.1, 0.15) is 12.7 Å². The number of nitrogens with one attached hydrogen (secondary N) is 2. The topological polar surface area (TPSA) is 106 Å². The van der Waals surface area contributed by atoms with Crippen molar-refractivity contribution in [1.82, 2.24) is 34.7 Å². The van der Waals surface area contributed by atoms with Crippen molar-refractivity contribution in [3.8, 4) is 11.5 Å². The van der Waals surface area contributed by atoms with Crippen molar-refractivity contribution < 1.29 is 29.7 Å². The SMILES string of the molecule is CC(C)N1CC[C@@H](Nc2cccc3c2cc(-c2noc(CNC(=O)c4cnn(C(C)(C)C)c4)n2)n3CC(F)(F)F)[C@@H](F)C1.[HH].[HH]. The van der Waals surface area contributed by atoms with Gasteiger partial charge in [-0.2, -0.15) is 23.3 Å². The van der Waals surface area contributed by atoms with Crippen LogP contribution in [0.25, 0.3) is 22.4 Å². The van der Waals surface area contributed by atoms with E-state index in [4.69, 9.17) is 4.52 Å². The Bertz CT molecular complexity index is 1590. The summed E-state index contributed by atoms with van der Waals surface area (Å²) in [5.41, 5.74) is 0.939. The van der Waals surface area contributed by atoms with Crippen molar-refractivity contribution in [2.24, 2.45) is 0 Å². The highest BCUT2D eigenvalue weighted by Crippen LogP contribution is 2.35. The lowest BCUT2D eigenvalue weighted by Gasteiger charge is -2.37. The van der Waals surface area contributed by atoms with Gasteiger partial charge in [-0.15, -0.1) is 0 Å². The van der Waals surface area contributed by atoms with Gasteiger partial charge >= 0.3 is 6.18 Å². The Morgan fingerprint density at radius 3 is 2.65 bits per heavy atom. The van der Waals surface area contributed by atoms with Crippen molar-refractivity contribution in [1.29, 1.82) is 0 Å². The number of amides is 1. The zero-order valence-electron chi connectivity index (χ0n) is 24.7. The number of likely N-dealkylation sites (tertiary alicyclic amines) is 1. The summed E-state index contributed by atoms with van der Waals surface area (Å²) in [7, 11) is 0. The fraction of sp³-hybridized carbons (Fsp3) is 0.517. The summed E-state index contributed by atoms with van der Waals surface area (Å²) in [5.74, 6) is -0.460. The third-order valence-electron chi connectivity index (χ3n) is 7.56. The zero-order valence-corrected chi connectivity index (χ0v) is 24.7. The highest BCUT2D eigenvalue weighted by molar-refractivity contribution is 5.96. The van der Waals surface area contributed by atoms with Crippen LogP contribution in [0.4, 0.5) is 23.2 Å². The molecular formula is C29H40F4N8O2. The molecule has 1 saturated heterocycles. The van der Waals surface area contributed by atoms with Gasteiger partial charge in [0.2, 0.25) is 11.7 Å². The molecule has 0 aliphatic carbocycles. The van der Waals surface area contributed by atoms with Crippen LogP contribution in [0.15, 0.2) is 41.2 Å². The molecule has 236 valence electrons. The lowest BCUT2D eigenvalue weighted by atomic mass is 10.0. The van der Waals surface area contributed by atoms with Crippen LogP contribution < -0.4 is 10.6 Å². The number of piperidine rings is 1. The minimum Gasteiger partial charge on any atom is -0.379 e. The molecule has 10 nitrogen and oxygen atoms in total. The molecule has 1 aromatic carbocycles. The van der Waals surface area contributed by atoms with Gasteiger partial charge in [-0.05, 0) is 59.2 Å². The number of aromatic nitrogens is 5. The second-order valence-corrected chi connectivity index (χ2v) is 12.2. The third kappa shape index (κ3) is 6.84. The Labute approximate surface area is 249 Å². The average Bonchev–Trinajstić information content (AvgIpc) is 3.67. The number of alkyl halides is 4. The van der Waals surface area contributed by atoms with Crippen LogP contribution in [0.1, 0.15) is 60.1 Å². The largest absolute Gasteiger partial charge is 0.406 e. The molecule has 4 heterocycles. The number of nitrogens with zero attached hydrogens (tertiary/aromatic N) is 6. The molecule has 1 amide bonds. The van der Waals surface area contributed by atoms with E-state index >= 15 is 4.39 Å². The van der Waals surface area contributed by atoms with Gasteiger partial charge in [-0.1, -0.05) is 11.2 Å². The van der Waals surface area contributed by atoms with Gasteiger partial charge in [0.25, 0.3) is 5.91 Å².